The fourth-order valence-electron chi connectivity index (χ4n) is 5.43. The van der Waals surface area contributed by atoms with Gasteiger partial charge in [-0.15, -0.1) is 0 Å². The minimum atomic E-state index is -5.08. The van der Waals surface area contributed by atoms with Gasteiger partial charge in [0.05, 0.1) is 10.6 Å². The molecule has 42 heavy (non-hydrogen) atoms. The van der Waals surface area contributed by atoms with E-state index in [-0.39, 0.29) is 5.91 Å². The molecule has 0 saturated carbocycles. The van der Waals surface area contributed by atoms with Crippen LogP contribution in [0.1, 0.15) is 47.2 Å². The summed E-state index contributed by atoms with van der Waals surface area (Å²) in [6, 6.07) is 26.1. The zero-order valence-electron chi connectivity index (χ0n) is 23.2. The van der Waals surface area contributed by atoms with Crippen LogP contribution in [-0.2, 0) is 17.9 Å². The summed E-state index contributed by atoms with van der Waals surface area (Å²) in [6.07, 6.45) is -0.552. The maximum atomic E-state index is 12.9. The quantitative estimate of drug-likeness (QED) is 0.327. The lowest BCUT2D eigenvalue weighted by atomic mass is 9.71. The van der Waals surface area contributed by atoms with Gasteiger partial charge in [0, 0.05) is 25.2 Å². The maximum Gasteiger partial charge on any atom is 0.490 e. The van der Waals surface area contributed by atoms with E-state index < -0.39 is 12.1 Å². The van der Waals surface area contributed by atoms with Crippen LogP contribution in [-0.4, -0.2) is 59.1 Å². The number of carbonyl (C=O) groups excluding carboxylic acids is 1. The number of hydrogen-bond donors (Lipinski definition) is 1. The fourth-order valence-corrected chi connectivity index (χ4v) is 5.64. The largest absolute Gasteiger partial charge is 0.490 e. The molecule has 2 saturated heterocycles. The Morgan fingerprint density at radius 3 is 2.00 bits per heavy atom. The summed E-state index contributed by atoms with van der Waals surface area (Å²) in [7, 11) is 0. The Morgan fingerprint density at radius 2 is 1.38 bits per heavy atom. The number of amides is 1. The Hall–Kier alpha value is -3.56. The molecule has 0 unspecified atom stereocenters. The number of likely N-dealkylation sites (tertiary alicyclic amines) is 2. The van der Waals surface area contributed by atoms with Crippen molar-refractivity contribution in [2.75, 3.05) is 26.2 Å². The monoisotopic (exact) mass is 602 g/mol. The summed E-state index contributed by atoms with van der Waals surface area (Å²) in [4.78, 5) is 26.4. The normalized spacial score (nSPS) is 16.8. The molecule has 6 nitrogen and oxygen atoms in total. The molecule has 1 spiro atoms. The third kappa shape index (κ3) is 8.49. The fraction of sp³-hybridized carbons (Fsp3) is 0.375. The van der Waals surface area contributed by atoms with Crippen LogP contribution in [0.4, 0.5) is 13.2 Å². The summed E-state index contributed by atoms with van der Waals surface area (Å²) < 4.78 is 37.9. The van der Waals surface area contributed by atoms with Gasteiger partial charge in [-0.1, -0.05) is 72.3 Å². The van der Waals surface area contributed by atoms with E-state index in [1.54, 1.807) is 6.07 Å². The van der Waals surface area contributed by atoms with Crippen molar-refractivity contribution < 1.29 is 32.6 Å². The second-order valence-corrected chi connectivity index (χ2v) is 11.1. The van der Waals surface area contributed by atoms with Crippen LogP contribution in [0.5, 0.6) is 5.75 Å². The van der Waals surface area contributed by atoms with Crippen LogP contribution in [0, 0.1) is 5.41 Å². The van der Waals surface area contributed by atoms with Crippen LogP contribution < -0.4 is 4.74 Å². The van der Waals surface area contributed by atoms with Gasteiger partial charge in [-0.25, -0.2) is 4.79 Å². The summed E-state index contributed by atoms with van der Waals surface area (Å²) in [5.41, 5.74) is 3.41. The number of piperidine rings is 2. The summed E-state index contributed by atoms with van der Waals surface area (Å²) in [5, 5.41) is 7.67. The van der Waals surface area contributed by atoms with Crippen LogP contribution in [0.3, 0.4) is 0 Å². The van der Waals surface area contributed by atoms with Gasteiger partial charge in [0.25, 0.3) is 5.91 Å². The lowest BCUT2D eigenvalue weighted by Crippen LogP contribution is -2.48. The highest BCUT2D eigenvalue weighted by Crippen LogP contribution is 2.42. The number of alkyl halides is 3. The second-order valence-electron chi connectivity index (χ2n) is 10.7. The predicted octanol–water partition coefficient (Wildman–Crippen LogP) is 7.07. The number of carboxylic acid groups (broad SMARTS) is 1. The molecule has 3 aromatic carbocycles. The number of carbonyl (C=O) groups is 2. The number of nitrogens with zero attached hydrogens (tertiary/aromatic N) is 2. The molecular formula is C32H34ClF3N2O4. The molecule has 1 N–H and O–H groups in total. The summed E-state index contributed by atoms with van der Waals surface area (Å²) in [5.74, 6) is -1.72. The first-order valence-electron chi connectivity index (χ1n) is 13.9. The highest BCUT2D eigenvalue weighted by Gasteiger charge is 2.39. The molecule has 2 fully saturated rings. The van der Waals surface area contributed by atoms with Gasteiger partial charge in [0.2, 0.25) is 0 Å². The van der Waals surface area contributed by atoms with Gasteiger partial charge < -0.3 is 14.7 Å². The predicted molar refractivity (Wildman–Crippen MR) is 154 cm³/mol. The first-order chi connectivity index (χ1) is 20.1. The van der Waals surface area contributed by atoms with Crippen LogP contribution in [0.2, 0.25) is 5.02 Å². The van der Waals surface area contributed by atoms with E-state index in [9.17, 15) is 18.0 Å². The highest BCUT2D eigenvalue weighted by molar-refractivity contribution is 6.33. The number of hydrogen-bond acceptors (Lipinski definition) is 4. The third-order valence-electron chi connectivity index (χ3n) is 7.98. The molecule has 5 rings (SSSR count). The van der Waals surface area contributed by atoms with E-state index in [4.69, 9.17) is 26.2 Å². The molecule has 0 aromatic heterocycles. The Bertz CT molecular complexity index is 1330. The molecule has 3 aromatic rings. The van der Waals surface area contributed by atoms with Crippen LogP contribution >= 0.6 is 11.6 Å². The van der Waals surface area contributed by atoms with Gasteiger partial charge in [-0.05, 0) is 68.0 Å². The average molecular weight is 603 g/mol. The molecular weight excluding hydrogens is 569 g/mol. The minimum Gasteiger partial charge on any atom is -0.489 e. The molecule has 0 aliphatic carbocycles. The van der Waals surface area contributed by atoms with Crippen LogP contribution in [0.25, 0.3) is 0 Å². The van der Waals surface area contributed by atoms with E-state index >= 15 is 0 Å². The number of rotatable bonds is 6. The minimum absolute atomic E-state index is 0.0648. The van der Waals surface area contributed by atoms with E-state index in [1.807, 2.05) is 47.4 Å². The van der Waals surface area contributed by atoms with Crippen molar-refractivity contribution in [1.82, 2.24) is 9.80 Å². The molecule has 2 heterocycles. The van der Waals surface area contributed by atoms with Gasteiger partial charge in [0.1, 0.15) is 12.4 Å². The van der Waals surface area contributed by atoms with Crippen molar-refractivity contribution in [2.45, 2.75) is 45.0 Å². The van der Waals surface area contributed by atoms with Gasteiger partial charge >= 0.3 is 12.1 Å². The Labute approximate surface area is 248 Å². The average Bonchev–Trinajstić information content (AvgIpc) is 2.99. The van der Waals surface area contributed by atoms with E-state index in [2.05, 4.69) is 35.2 Å². The zero-order valence-corrected chi connectivity index (χ0v) is 23.9. The first-order valence-corrected chi connectivity index (χ1v) is 14.2. The second kappa shape index (κ2) is 14.1. The number of carboxylic acids is 1. The molecule has 0 radical (unpaired) electrons. The van der Waals surface area contributed by atoms with E-state index in [0.717, 1.165) is 51.3 Å². The SMILES string of the molecule is O=C(O)C(F)(F)F.O=C(c1ccccc1Cl)N1CCC2(CCN(Cc3ccccc3OCc3ccccc3)CC2)CC1. The van der Waals surface area contributed by atoms with Gasteiger partial charge in [-0.2, -0.15) is 13.2 Å². The molecule has 2 aliphatic rings. The molecule has 10 heteroatoms. The molecule has 2 aliphatic heterocycles. The first kappa shape index (κ1) is 31.4. The lowest BCUT2D eigenvalue weighted by Gasteiger charge is -2.47. The van der Waals surface area contributed by atoms with Gasteiger partial charge in [-0.3, -0.25) is 9.69 Å². The lowest BCUT2D eigenvalue weighted by molar-refractivity contribution is -0.192. The van der Waals surface area contributed by atoms with Crippen LogP contribution in [0.15, 0.2) is 78.9 Å². The number of aliphatic carboxylic acids is 1. The Balaban J connectivity index is 0.000000517. The van der Waals surface area contributed by atoms with Crippen molar-refractivity contribution in [3.05, 3.63) is 101 Å². The highest BCUT2D eigenvalue weighted by atomic mass is 35.5. The van der Waals surface area contributed by atoms with Crippen molar-refractivity contribution >= 4 is 23.5 Å². The Kier molecular flexibility index (Phi) is 10.5. The molecule has 0 bridgehead atoms. The number of halogens is 4. The summed E-state index contributed by atoms with van der Waals surface area (Å²) in [6.45, 7) is 5.32. The van der Waals surface area contributed by atoms with Crippen molar-refractivity contribution in [3.63, 3.8) is 0 Å². The molecule has 224 valence electrons. The number of benzene rings is 3. The maximum absolute atomic E-state index is 12.9. The zero-order chi connectivity index (χ0) is 30.2. The molecule has 1 amide bonds. The third-order valence-corrected chi connectivity index (χ3v) is 8.31. The number of para-hydroxylation sites is 1. The van der Waals surface area contributed by atoms with E-state index in [0.29, 0.717) is 22.6 Å². The van der Waals surface area contributed by atoms with E-state index in [1.165, 1.54) is 24.0 Å². The topological polar surface area (TPSA) is 70.1 Å². The molecule has 0 atom stereocenters. The van der Waals surface area contributed by atoms with Crippen molar-refractivity contribution in [1.29, 1.82) is 0 Å². The van der Waals surface area contributed by atoms with Gasteiger partial charge in [0.15, 0.2) is 0 Å². The van der Waals surface area contributed by atoms with Crippen molar-refractivity contribution in [2.24, 2.45) is 5.41 Å². The van der Waals surface area contributed by atoms with Crippen molar-refractivity contribution in [3.8, 4) is 5.75 Å². The number of ether oxygens (including phenoxy) is 1. The Morgan fingerprint density at radius 1 is 0.833 bits per heavy atom. The smallest absolute Gasteiger partial charge is 0.489 e. The standard InChI is InChI=1S/C30H33ClN2O2.C2HF3O2/c31-27-12-6-5-11-26(27)29(34)33-20-16-30(17-21-33)14-18-32(19-15-30)22-25-10-4-7-13-28(25)35-23-24-8-2-1-3-9-24;3-2(4,5)1(6)7/h1-13H,14-23H2;(H,6,7). The summed E-state index contributed by atoms with van der Waals surface area (Å²) >= 11 is 6.26.